The van der Waals surface area contributed by atoms with E-state index < -0.39 is 132 Å². The average molecular weight is 998 g/mol. The number of nitrogens with one attached hydrogen (secondary N) is 2. The van der Waals surface area contributed by atoms with Gasteiger partial charge in [-0.3, -0.25) is 44.2 Å². The van der Waals surface area contributed by atoms with Crippen LogP contribution in [0.4, 0.5) is 0 Å². The van der Waals surface area contributed by atoms with Crippen LogP contribution in [0, 0.1) is 23.7 Å². The van der Waals surface area contributed by atoms with E-state index in [9.17, 15) is 59.3 Å². The molecular weight excluding hydrogens is 919 g/mol. The second kappa shape index (κ2) is 23.8. The number of likely N-dealkylation sites (N-methyl/N-ethyl adjacent to an activating group) is 1. The zero-order valence-corrected chi connectivity index (χ0v) is 42.7. The minimum atomic E-state index is -2.76. The molecule has 0 aromatic heterocycles. The number of esters is 1. The number of carboxylic acid groups (broad SMARTS) is 1. The lowest BCUT2D eigenvalue weighted by atomic mass is 9.78. The lowest BCUT2D eigenvalue weighted by Gasteiger charge is -2.48. The van der Waals surface area contributed by atoms with Gasteiger partial charge in [0, 0.05) is 26.6 Å². The van der Waals surface area contributed by atoms with Crippen LogP contribution in [0.3, 0.4) is 0 Å². The number of aliphatic hydroxyl groups is 2. The molecule has 70 heavy (non-hydrogen) atoms. The maximum absolute atomic E-state index is 15.1. The summed E-state index contributed by atoms with van der Waals surface area (Å²) in [4.78, 5) is 116. The molecule has 4 aliphatic rings. The molecule has 4 rings (SSSR count). The summed E-state index contributed by atoms with van der Waals surface area (Å²) in [6.45, 7) is 14.1. The molecule has 6 amide bonds. The van der Waals surface area contributed by atoms with Crippen molar-refractivity contribution >= 4 is 47.4 Å². The van der Waals surface area contributed by atoms with Crippen LogP contribution in [0.15, 0.2) is 0 Å². The molecule has 0 spiro atoms. The monoisotopic (exact) mass is 998 g/mol. The largest absolute Gasteiger partial charge is 0.480 e. The second-order valence-corrected chi connectivity index (χ2v) is 20.8. The summed E-state index contributed by atoms with van der Waals surface area (Å²) in [5, 5.41) is 60.5. The first-order valence-corrected chi connectivity index (χ1v) is 24.7. The fourth-order valence-corrected chi connectivity index (χ4v) is 10.2. The van der Waals surface area contributed by atoms with E-state index >= 15 is 4.79 Å². The molecule has 0 bridgehead atoms. The number of cyclic esters (lactones) is 1. The van der Waals surface area contributed by atoms with Gasteiger partial charge in [-0.1, -0.05) is 68.2 Å². The predicted octanol–water partition coefficient (Wildman–Crippen LogP) is 1.18. The third-order valence-corrected chi connectivity index (χ3v) is 14.3. The number of hydrogen-bond acceptors (Lipinski definition) is 16. The van der Waals surface area contributed by atoms with E-state index in [1.165, 1.54) is 41.7 Å². The van der Waals surface area contributed by atoms with Crippen molar-refractivity contribution < 1.29 is 78.3 Å². The highest BCUT2D eigenvalue weighted by molar-refractivity contribution is 5.97. The van der Waals surface area contributed by atoms with E-state index in [1.807, 2.05) is 27.7 Å². The van der Waals surface area contributed by atoms with E-state index in [1.54, 1.807) is 0 Å². The third kappa shape index (κ3) is 12.6. The second-order valence-electron chi connectivity index (χ2n) is 20.8. The zero-order valence-electron chi connectivity index (χ0n) is 42.7. The van der Waals surface area contributed by atoms with Gasteiger partial charge >= 0.3 is 11.9 Å². The van der Waals surface area contributed by atoms with Crippen molar-refractivity contribution in [1.29, 1.82) is 0 Å². The third-order valence-electron chi connectivity index (χ3n) is 14.3. The average Bonchev–Trinajstić information content (AvgIpc) is 3.64. The molecule has 0 aliphatic carbocycles. The summed E-state index contributed by atoms with van der Waals surface area (Å²) < 4.78 is 17.9. The Labute approximate surface area is 410 Å². The maximum atomic E-state index is 15.1. The molecule has 23 nitrogen and oxygen atoms in total. The molecule has 11 atom stereocenters. The minimum absolute atomic E-state index is 0.00173. The lowest BCUT2D eigenvalue weighted by molar-refractivity contribution is -0.329. The van der Waals surface area contributed by atoms with Gasteiger partial charge in [0.2, 0.25) is 17.6 Å². The van der Waals surface area contributed by atoms with Crippen LogP contribution >= 0.6 is 0 Å². The van der Waals surface area contributed by atoms with E-state index in [-0.39, 0.29) is 60.7 Å². The quantitative estimate of drug-likeness (QED) is 0.0949. The predicted molar refractivity (Wildman–Crippen MR) is 246 cm³/mol. The molecule has 0 saturated carbocycles. The summed E-state index contributed by atoms with van der Waals surface area (Å²) in [6, 6.07) is -8.52. The molecule has 23 heteroatoms. The number of amides is 6. The molecule has 4 aliphatic heterocycles. The number of nitrogens with zero attached hydrogens (tertiary/aromatic N) is 5. The number of hydroxylamine groups is 4. The minimum Gasteiger partial charge on any atom is -0.480 e. The molecule has 0 radical (unpaired) electrons. The summed E-state index contributed by atoms with van der Waals surface area (Å²) in [5.41, 5.74) is -1.71. The SMILES string of the molecule is CCCCC1C(=O)N(O)CC(=O)N2NCCCC2C(=O)N2CCC(C)(OCC(=O)O)C2C(=O)N(O)C(C(C)C)C(=O)OC(C(C)C)C(NC(=O)C(C)(O)C2(O)CCC(CC(C)C)C(CC)O2)C(=O)N1C. The van der Waals surface area contributed by atoms with E-state index in [0.717, 1.165) is 28.2 Å². The normalized spacial score (nSPS) is 32.4. The standard InChI is InChI=1S/C47H79N7O16/c1-12-14-16-30-40(59)52(66)24-33(55)53-31(17-15-21-48-53)39(58)51-22-20-45(9,68-25-34(56)57)38(51)42(61)54(67)36(27(5)6)43(62)69-37(28(7)8)35(41(60)50(30)11)49-44(63)46(10,64)47(65)19-18-29(23-26(3)4)32(13-2)70-47/h26-32,35-38,48,64-67H,12-25H2,1-11H3,(H,49,63)(H,56,57). The Morgan fingerprint density at radius 1 is 0.957 bits per heavy atom. The molecule has 4 saturated heterocycles. The fourth-order valence-electron chi connectivity index (χ4n) is 10.2. The van der Waals surface area contributed by atoms with Gasteiger partial charge in [-0.25, -0.2) is 25.1 Å². The Kier molecular flexibility index (Phi) is 19.7. The van der Waals surface area contributed by atoms with Crippen LogP contribution in [0.1, 0.15) is 133 Å². The van der Waals surface area contributed by atoms with Crippen LogP contribution in [0.5, 0.6) is 0 Å². The number of rotatable bonds is 14. The highest BCUT2D eigenvalue weighted by Crippen LogP contribution is 2.42. The van der Waals surface area contributed by atoms with Crippen LogP contribution in [-0.4, -0.2) is 191 Å². The van der Waals surface area contributed by atoms with Gasteiger partial charge in [0.15, 0.2) is 11.6 Å². The first-order chi connectivity index (χ1) is 32.6. The molecule has 0 aromatic rings. The first kappa shape index (κ1) is 58.1. The van der Waals surface area contributed by atoms with Crippen LogP contribution in [0.2, 0.25) is 0 Å². The molecule has 4 heterocycles. The number of aliphatic carboxylic acids is 1. The van der Waals surface area contributed by atoms with Crippen molar-refractivity contribution in [3.05, 3.63) is 0 Å². The van der Waals surface area contributed by atoms with Crippen LogP contribution in [-0.2, 0) is 52.6 Å². The van der Waals surface area contributed by atoms with Crippen molar-refractivity contribution in [2.75, 3.05) is 33.3 Å². The number of carbonyl (C=O) groups is 8. The highest BCUT2D eigenvalue weighted by atomic mass is 16.7. The van der Waals surface area contributed by atoms with Gasteiger partial charge in [0.25, 0.3) is 23.6 Å². The summed E-state index contributed by atoms with van der Waals surface area (Å²) in [5.74, 6) is -13.3. The Bertz CT molecular complexity index is 1920. The smallest absolute Gasteiger partial charge is 0.332 e. The number of fused-ring (bicyclic) bond motifs is 2. The van der Waals surface area contributed by atoms with Crippen molar-refractivity contribution in [3.63, 3.8) is 0 Å². The summed E-state index contributed by atoms with van der Waals surface area (Å²) >= 11 is 0. The molecular formula is C47H79N7O16. The summed E-state index contributed by atoms with van der Waals surface area (Å²) in [6.07, 6.45) is 0.158. The van der Waals surface area contributed by atoms with Gasteiger partial charge in [0.05, 0.1) is 11.7 Å². The Morgan fingerprint density at radius 3 is 2.19 bits per heavy atom. The van der Waals surface area contributed by atoms with Crippen molar-refractivity contribution in [1.82, 2.24) is 35.7 Å². The van der Waals surface area contributed by atoms with Gasteiger partial charge in [0.1, 0.15) is 43.4 Å². The topological polar surface area (TPSA) is 306 Å². The Morgan fingerprint density at radius 2 is 1.61 bits per heavy atom. The molecule has 11 unspecified atom stereocenters. The van der Waals surface area contributed by atoms with E-state index in [2.05, 4.69) is 10.7 Å². The molecule has 4 fully saturated rings. The highest BCUT2D eigenvalue weighted by Gasteiger charge is 2.59. The van der Waals surface area contributed by atoms with Gasteiger partial charge in [-0.2, -0.15) is 0 Å². The zero-order chi connectivity index (χ0) is 52.8. The molecule has 0 aromatic carbocycles. The Hall–Kier alpha value is -4.52. The van der Waals surface area contributed by atoms with Crippen LogP contribution in [0.25, 0.3) is 0 Å². The van der Waals surface area contributed by atoms with Crippen molar-refractivity contribution in [2.45, 2.75) is 193 Å². The number of carboxylic acids is 1. The van der Waals surface area contributed by atoms with E-state index in [4.69, 9.17) is 14.2 Å². The first-order valence-electron chi connectivity index (χ1n) is 24.7. The number of hydrogen-bond donors (Lipinski definition) is 7. The number of ether oxygens (including phenoxy) is 3. The van der Waals surface area contributed by atoms with Gasteiger partial charge in [-0.15, -0.1) is 0 Å². The fraction of sp³-hybridized carbons (Fsp3) is 0.830. The molecule has 398 valence electrons. The number of hydrazine groups is 1. The van der Waals surface area contributed by atoms with Gasteiger partial charge in [-0.05, 0) is 82.5 Å². The van der Waals surface area contributed by atoms with Gasteiger partial charge < -0.3 is 44.6 Å². The lowest BCUT2D eigenvalue weighted by Crippen LogP contribution is -2.69. The number of unbranched alkanes of at least 4 members (excludes halogenated alkanes) is 1. The summed E-state index contributed by atoms with van der Waals surface area (Å²) in [7, 11) is 1.20. The Balaban J connectivity index is 1.91. The number of carbonyl (C=O) groups excluding carboxylic acids is 7. The maximum Gasteiger partial charge on any atom is 0.332 e. The van der Waals surface area contributed by atoms with Crippen molar-refractivity contribution in [3.8, 4) is 0 Å². The molecule has 7 N–H and O–H groups in total. The van der Waals surface area contributed by atoms with Crippen molar-refractivity contribution in [2.24, 2.45) is 23.7 Å². The van der Waals surface area contributed by atoms with Crippen LogP contribution < -0.4 is 10.7 Å². The van der Waals surface area contributed by atoms with E-state index in [0.29, 0.717) is 32.1 Å².